The predicted octanol–water partition coefficient (Wildman–Crippen LogP) is 0.638. The molecule has 5 heteroatoms. The Morgan fingerprint density at radius 1 is 1.64 bits per heavy atom. The van der Waals surface area contributed by atoms with Gasteiger partial charge in [0.15, 0.2) is 0 Å². The van der Waals surface area contributed by atoms with Crippen molar-refractivity contribution in [2.45, 2.75) is 13.8 Å². The van der Waals surface area contributed by atoms with E-state index in [2.05, 4.69) is 4.74 Å². The molecule has 1 saturated heterocycles. The van der Waals surface area contributed by atoms with Crippen LogP contribution in [0, 0.1) is 5.41 Å². The molecule has 1 aliphatic heterocycles. The number of cyclic esters (lactones) is 1. The van der Waals surface area contributed by atoms with Gasteiger partial charge in [-0.1, -0.05) is 0 Å². The van der Waals surface area contributed by atoms with Gasteiger partial charge in [0.1, 0.15) is 6.61 Å². The van der Waals surface area contributed by atoms with Crippen LogP contribution in [0.2, 0.25) is 0 Å². The Balaban J connectivity index is 2.58. The normalized spacial score (nSPS) is 16.8. The fourth-order valence-electron chi connectivity index (χ4n) is 1.39. The summed E-state index contributed by atoms with van der Waals surface area (Å²) in [5, 5.41) is 0. The Kier molecular flexibility index (Phi) is 2.98. The van der Waals surface area contributed by atoms with Gasteiger partial charge in [-0.3, -0.25) is 4.79 Å². The first-order valence-corrected chi connectivity index (χ1v) is 4.47. The zero-order valence-corrected chi connectivity index (χ0v) is 8.70. The quantitative estimate of drug-likeness (QED) is 0.629. The largest absolute Gasteiger partial charge is 0.469 e. The number of hydrogen-bond acceptors (Lipinski definition) is 4. The van der Waals surface area contributed by atoms with Gasteiger partial charge in [0.2, 0.25) is 0 Å². The van der Waals surface area contributed by atoms with Crippen molar-refractivity contribution in [3.8, 4) is 0 Å². The highest BCUT2D eigenvalue weighted by Crippen LogP contribution is 2.20. The molecule has 0 bridgehead atoms. The molecule has 0 unspecified atom stereocenters. The standard InChI is InChI=1S/C9H15NO4/c1-9(2,7(11)13-3)6-10-4-5-14-8(10)12/h4-6H2,1-3H3. The average molecular weight is 201 g/mol. The van der Waals surface area contributed by atoms with E-state index in [4.69, 9.17) is 4.74 Å². The van der Waals surface area contributed by atoms with E-state index >= 15 is 0 Å². The van der Waals surface area contributed by atoms with Crippen molar-refractivity contribution >= 4 is 12.1 Å². The molecule has 0 aliphatic carbocycles. The molecule has 0 atom stereocenters. The molecule has 1 rings (SSSR count). The van der Waals surface area contributed by atoms with E-state index in [-0.39, 0.29) is 12.1 Å². The summed E-state index contributed by atoms with van der Waals surface area (Å²) in [6, 6.07) is 0. The van der Waals surface area contributed by atoms with Crippen LogP contribution in [-0.2, 0) is 14.3 Å². The maximum Gasteiger partial charge on any atom is 0.409 e. The Hall–Kier alpha value is -1.26. The number of carbonyl (C=O) groups excluding carboxylic acids is 2. The molecular formula is C9H15NO4. The van der Waals surface area contributed by atoms with Crippen molar-refractivity contribution in [1.82, 2.24) is 4.90 Å². The van der Waals surface area contributed by atoms with Crippen LogP contribution in [0.15, 0.2) is 0 Å². The van der Waals surface area contributed by atoms with Crippen molar-refractivity contribution in [2.24, 2.45) is 5.41 Å². The third-order valence-electron chi connectivity index (χ3n) is 2.17. The van der Waals surface area contributed by atoms with Gasteiger partial charge in [0, 0.05) is 6.54 Å². The molecule has 1 aliphatic rings. The number of carbonyl (C=O) groups is 2. The van der Waals surface area contributed by atoms with Crippen molar-refractivity contribution < 1.29 is 19.1 Å². The molecule has 0 aromatic carbocycles. The second kappa shape index (κ2) is 3.86. The summed E-state index contributed by atoms with van der Waals surface area (Å²) >= 11 is 0. The Morgan fingerprint density at radius 3 is 2.71 bits per heavy atom. The van der Waals surface area contributed by atoms with E-state index in [9.17, 15) is 9.59 Å². The maximum atomic E-state index is 11.3. The highest BCUT2D eigenvalue weighted by atomic mass is 16.6. The molecule has 0 aromatic rings. The fraction of sp³-hybridized carbons (Fsp3) is 0.778. The summed E-state index contributed by atoms with van der Waals surface area (Å²) in [5.41, 5.74) is -0.682. The van der Waals surface area contributed by atoms with E-state index in [0.29, 0.717) is 19.7 Å². The fourth-order valence-corrected chi connectivity index (χ4v) is 1.39. The molecule has 0 radical (unpaired) electrons. The number of amides is 1. The van der Waals surface area contributed by atoms with Crippen LogP contribution in [0.5, 0.6) is 0 Å². The highest BCUT2D eigenvalue weighted by molar-refractivity contribution is 5.77. The van der Waals surface area contributed by atoms with E-state index in [1.54, 1.807) is 13.8 Å². The maximum absolute atomic E-state index is 11.3. The summed E-state index contributed by atoms with van der Waals surface area (Å²) < 4.78 is 9.40. The molecule has 1 fully saturated rings. The second-order valence-electron chi connectivity index (χ2n) is 3.91. The van der Waals surface area contributed by atoms with E-state index in [0.717, 1.165) is 0 Å². The number of hydrogen-bond donors (Lipinski definition) is 0. The third-order valence-corrected chi connectivity index (χ3v) is 2.17. The lowest BCUT2D eigenvalue weighted by Gasteiger charge is -2.25. The topological polar surface area (TPSA) is 55.8 Å². The molecule has 0 N–H and O–H groups in total. The van der Waals surface area contributed by atoms with Gasteiger partial charge in [-0.2, -0.15) is 0 Å². The molecule has 14 heavy (non-hydrogen) atoms. The molecule has 0 spiro atoms. The molecule has 0 aromatic heterocycles. The minimum Gasteiger partial charge on any atom is -0.469 e. The first-order valence-electron chi connectivity index (χ1n) is 4.47. The van der Waals surface area contributed by atoms with E-state index < -0.39 is 5.41 Å². The number of nitrogens with zero attached hydrogens (tertiary/aromatic N) is 1. The summed E-state index contributed by atoms with van der Waals surface area (Å²) in [6.07, 6.45) is -0.359. The summed E-state index contributed by atoms with van der Waals surface area (Å²) in [4.78, 5) is 24.0. The zero-order valence-electron chi connectivity index (χ0n) is 8.70. The van der Waals surface area contributed by atoms with E-state index in [1.807, 2.05) is 0 Å². The van der Waals surface area contributed by atoms with Crippen molar-refractivity contribution in [1.29, 1.82) is 0 Å². The van der Waals surface area contributed by atoms with Gasteiger partial charge in [-0.15, -0.1) is 0 Å². The average Bonchev–Trinajstić information content (AvgIpc) is 2.50. The zero-order chi connectivity index (χ0) is 10.8. The molecule has 80 valence electrons. The summed E-state index contributed by atoms with van der Waals surface area (Å²) in [5.74, 6) is -0.322. The van der Waals surface area contributed by atoms with Crippen LogP contribution >= 0.6 is 0 Å². The van der Waals surface area contributed by atoms with Crippen LogP contribution < -0.4 is 0 Å². The lowest BCUT2D eigenvalue weighted by Crippen LogP contribution is -2.40. The van der Waals surface area contributed by atoms with Gasteiger partial charge >= 0.3 is 12.1 Å². The van der Waals surface area contributed by atoms with Crippen LogP contribution in [0.4, 0.5) is 4.79 Å². The summed E-state index contributed by atoms with van der Waals surface area (Å²) in [6.45, 7) is 4.75. The van der Waals surface area contributed by atoms with Gasteiger partial charge in [-0.05, 0) is 13.8 Å². The lowest BCUT2D eigenvalue weighted by atomic mass is 9.93. The minimum absolute atomic E-state index is 0.322. The van der Waals surface area contributed by atoms with Crippen molar-refractivity contribution in [3.63, 3.8) is 0 Å². The number of esters is 1. The molecule has 0 saturated carbocycles. The monoisotopic (exact) mass is 201 g/mol. The van der Waals surface area contributed by atoms with Crippen LogP contribution in [0.25, 0.3) is 0 Å². The van der Waals surface area contributed by atoms with Crippen LogP contribution in [0.3, 0.4) is 0 Å². The minimum atomic E-state index is -0.682. The molecule has 1 heterocycles. The molecule has 5 nitrogen and oxygen atoms in total. The van der Waals surface area contributed by atoms with Gasteiger partial charge in [0.05, 0.1) is 19.1 Å². The van der Waals surface area contributed by atoms with Crippen LogP contribution in [-0.4, -0.2) is 43.8 Å². The number of ether oxygens (including phenoxy) is 2. The SMILES string of the molecule is COC(=O)C(C)(C)CN1CCOC1=O. The van der Waals surface area contributed by atoms with Crippen molar-refractivity contribution in [2.75, 3.05) is 26.8 Å². The smallest absolute Gasteiger partial charge is 0.409 e. The Labute approximate surface area is 83.0 Å². The molecular weight excluding hydrogens is 186 g/mol. The number of methoxy groups -OCH3 is 1. The van der Waals surface area contributed by atoms with Crippen LogP contribution in [0.1, 0.15) is 13.8 Å². The Bertz CT molecular complexity index is 249. The van der Waals surface area contributed by atoms with Gasteiger partial charge < -0.3 is 14.4 Å². The Morgan fingerprint density at radius 2 is 2.29 bits per heavy atom. The third kappa shape index (κ3) is 2.16. The van der Waals surface area contributed by atoms with E-state index in [1.165, 1.54) is 12.0 Å². The van der Waals surface area contributed by atoms with Gasteiger partial charge in [-0.25, -0.2) is 4.79 Å². The highest BCUT2D eigenvalue weighted by Gasteiger charge is 2.35. The lowest BCUT2D eigenvalue weighted by molar-refractivity contribution is -0.151. The second-order valence-corrected chi connectivity index (χ2v) is 3.91. The van der Waals surface area contributed by atoms with Gasteiger partial charge in [0.25, 0.3) is 0 Å². The van der Waals surface area contributed by atoms with Crippen molar-refractivity contribution in [3.05, 3.63) is 0 Å². The first-order chi connectivity index (χ1) is 6.47. The predicted molar refractivity (Wildman–Crippen MR) is 48.7 cm³/mol. The summed E-state index contributed by atoms with van der Waals surface area (Å²) in [7, 11) is 1.34. The first kappa shape index (κ1) is 10.8. The number of rotatable bonds is 3. The molecule has 1 amide bonds.